The highest BCUT2D eigenvalue weighted by atomic mass is 35.5. The summed E-state index contributed by atoms with van der Waals surface area (Å²) in [6.45, 7) is 11.5. The Hall–Kier alpha value is -2.01. The van der Waals surface area contributed by atoms with Crippen molar-refractivity contribution in [3.63, 3.8) is 0 Å². The molecule has 0 aliphatic heterocycles. The summed E-state index contributed by atoms with van der Waals surface area (Å²) in [5.74, 6) is -0.527. The third-order valence-corrected chi connectivity index (χ3v) is 3.48. The lowest BCUT2D eigenvalue weighted by molar-refractivity contribution is -0.118. The Bertz CT molecular complexity index is 591. The van der Waals surface area contributed by atoms with Gasteiger partial charge in [0.2, 0.25) is 5.91 Å². The quantitative estimate of drug-likeness (QED) is 0.746. The Morgan fingerprint density at radius 1 is 1.25 bits per heavy atom. The number of carbonyl (C=O) groups excluding carboxylic acids is 2. The molecule has 0 fully saturated rings. The minimum atomic E-state index is -0.535. The number of benzene rings is 1. The summed E-state index contributed by atoms with van der Waals surface area (Å²) in [7, 11) is 0. The van der Waals surface area contributed by atoms with E-state index >= 15 is 0 Å². The molecular formula is C18H25ClN2O3. The van der Waals surface area contributed by atoms with Gasteiger partial charge in [-0.05, 0) is 58.4 Å². The first-order valence-corrected chi connectivity index (χ1v) is 8.17. The molecule has 24 heavy (non-hydrogen) atoms. The van der Waals surface area contributed by atoms with E-state index in [4.69, 9.17) is 16.3 Å². The number of rotatable bonds is 6. The van der Waals surface area contributed by atoms with Crippen molar-refractivity contribution < 1.29 is 14.3 Å². The predicted octanol–water partition coefficient (Wildman–Crippen LogP) is 4.39. The van der Waals surface area contributed by atoms with E-state index in [2.05, 4.69) is 17.2 Å². The summed E-state index contributed by atoms with van der Waals surface area (Å²) in [5.41, 5.74) is 0.876. The smallest absolute Gasteiger partial charge is 0.407 e. The Morgan fingerprint density at radius 2 is 1.83 bits per heavy atom. The number of halogens is 1. The van der Waals surface area contributed by atoms with Crippen LogP contribution in [0.4, 0.5) is 10.5 Å². The monoisotopic (exact) mass is 352 g/mol. The summed E-state index contributed by atoms with van der Waals surface area (Å²) in [6.07, 6.45) is 0.0163. The standard InChI is InChI=1S/C18H25ClN2O3/c1-12(10-11-20-17(23)24-18(3,4)5)13(2)16(22)21-15-8-6-14(19)7-9-15/h6-9,13H,1,10-11H2,2-5H3,(H,20,23)(H,21,22). The van der Waals surface area contributed by atoms with Gasteiger partial charge in [0.05, 0.1) is 5.92 Å². The maximum absolute atomic E-state index is 12.2. The van der Waals surface area contributed by atoms with Gasteiger partial charge in [0, 0.05) is 17.3 Å². The van der Waals surface area contributed by atoms with Gasteiger partial charge in [0.1, 0.15) is 5.60 Å². The maximum atomic E-state index is 12.2. The average molecular weight is 353 g/mol. The molecule has 6 heteroatoms. The van der Waals surface area contributed by atoms with E-state index < -0.39 is 11.7 Å². The van der Waals surface area contributed by atoms with Crippen molar-refractivity contribution in [1.29, 1.82) is 0 Å². The van der Waals surface area contributed by atoms with Crippen LogP contribution in [-0.2, 0) is 9.53 Å². The van der Waals surface area contributed by atoms with Crippen molar-refractivity contribution in [1.82, 2.24) is 5.32 Å². The van der Waals surface area contributed by atoms with Gasteiger partial charge in [-0.3, -0.25) is 4.79 Å². The zero-order chi connectivity index (χ0) is 18.3. The number of nitrogens with one attached hydrogen (secondary N) is 2. The molecule has 0 aliphatic rings. The molecule has 0 aromatic heterocycles. The number of hydrogen-bond donors (Lipinski definition) is 2. The number of alkyl carbamates (subject to hydrolysis) is 1. The van der Waals surface area contributed by atoms with E-state index in [0.29, 0.717) is 23.7 Å². The SMILES string of the molecule is C=C(CCNC(=O)OC(C)(C)C)C(C)C(=O)Nc1ccc(Cl)cc1. The molecule has 1 unspecified atom stereocenters. The highest BCUT2D eigenvalue weighted by Crippen LogP contribution is 2.17. The summed E-state index contributed by atoms with van der Waals surface area (Å²) in [4.78, 5) is 23.8. The van der Waals surface area contributed by atoms with E-state index in [0.717, 1.165) is 5.57 Å². The zero-order valence-corrected chi connectivity index (χ0v) is 15.4. The van der Waals surface area contributed by atoms with Crippen LogP contribution in [0, 0.1) is 5.92 Å². The molecule has 1 aromatic carbocycles. The number of ether oxygens (including phenoxy) is 1. The maximum Gasteiger partial charge on any atom is 0.407 e. The van der Waals surface area contributed by atoms with E-state index in [1.54, 1.807) is 52.0 Å². The van der Waals surface area contributed by atoms with Crippen LogP contribution in [0.5, 0.6) is 0 Å². The van der Waals surface area contributed by atoms with Gasteiger partial charge in [0.15, 0.2) is 0 Å². The lowest BCUT2D eigenvalue weighted by atomic mass is 9.99. The zero-order valence-electron chi connectivity index (χ0n) is 14.6. The minimum absolute atomic E-state index is 0.153. The summed E-state index contributed by atoms with van der Waals surface area (Å²) >= 11 is 5.81. The van der Waals surface area contributed by atoms with Crippen LogP contribution in [0.1, 0.15) is 34.1 Å². The fourth-order valence-corrected chi connectivity index (χ4v) is 1.95. The molecule has 2 amide bonds. The number of hydrogen-bond acceptors (Lipinski definition) is 3. The van der Waals surface area contributed by atoms with Crippen LogP contribution < -0.4 is 10.6 Å². The topological polar surface area (TPSA) is 67.4 Å². The van der Waals surface area contributed by atoms with Crippen molar-refractivity contribution in [3.05, 3.63) is 41.4 Å². The second-order valence-corrected chi connectivity index (χ2v) is 6.99. The van der Waals surface area contributed by atoms with Crippen LogP contribution in [0.2, 0.25) is 5.02 Å². The second-order valence-electron chi connectivity index (χ2n) is 6.55. The van der Waals surface area contributed by atoms with Crippen molar-refractivity contribution in [2.45, 2.75) is 39.7 Å². The van der Waals surface area contributed by atoms with E-state index in [1.165, 1.54) is 0 Å². The largest absolute Gasteiger partial charge is 0.444 e. The van der Waals surface area contributed by atoms with Crippen LogP contribution in [0.3, 0.4) is 0 Å². The van der Waals surface area contributed by atoms with Gasteiger partial charge >= 0.3 is 6.09 Å². The van der Waals surface area contributed by atoms with Crippen molar-refractivity contribution in [3.8, 4) is 0 Å². The average Bonchev–Trinajstić information content (AvgIpc) is 2.46. The first kappa shape index (κ1) is 20.0. The van der Waals surface area contributed by atoms with Gasteiger partial charge in [0.25, 0.3) is 0 Å². The first-order chi connectivity index (χ1) is 11.1. The van der Waals surface area contributed by atoms with Gasteiger partial charge < -0.3 is 15.4 Å². The molecule has 5 nitrogen and oxygen atoms in total. The van der Waals surface area contributed by atoms with Crippen LogP contribution in [-0.4, -0.2) is 24.1 Å². The Kier molecular flexibility index (Phi) is 7.29. The number of amides is 2. The molecule has 0 spiro atoms. The van der Waals surface area contributed by atoms with Crippen molar-refractivity contribution in [2.75, 3.05) is 11.9 Å². The molecule has 0 heterocycles. The first-order valence-electron chi connectivity index (χ1n) is 7.79. The normalized spacial score (nSPS) is 12.2. The van der Waals surface area contributed by atoms with Gasteiger partial charge in [-0.2, -0.15) is 0 Å². The molecule has 1 aromatic rings. The van der Waals surface area contributed by atoms with Crippen LogP contribution >= 0.6 is 11.6 Å². The highest BCUT2D eigenvalue weighted by molar-refractivity contribution is 6.30. The van der Waals surface area contributed by atoms with Crippen LogP contribution in [0.15, 0.2) is 36.4 Å². The van der Waals surface area contributed by atoms with Gasteiger partial charge in [-0.25, -0.2) is 4.79 Å². The molecular weight excluding hydrogens is 328 g/mol. The highest BCUT2D eigenvalue weighted by Gasteiger charge is 2.18. The third kappa shape index (κ3) is 7.51. The van der Waals surface area contributed by atoms with Gasteiger partial charge in [-0.1, -0.05) is 23.8 Å². The Balaban J connectivity index is 2.39. The molecule has 0 radical (unpaired) electrons. The van der Waals surface area contributed by atoms with Gasteiger partial charge in [-0.15, -0.1) is 0 Å². The minimum Gasteiger partial charge on any atom is -0.444 e. The number of carbonyl (C=O) groups is 2. The van der Waals surface area contributed by atoms with E-state index in [9.17, 15) is 9.59 Å². The Morgan fingerprint density at radius 3 is 2.38 bits per heavy atom. The number of anilines is 1. The molecule has 132 valence electrons. The van der Waals surface area contributed by atoms with E-state index in [-0.39, 0.29) is 11.8 Å². The molecule has 2 N–H and O–H groups in total. The molecule has 1 rings (SSSR count). The lowest BCUT2D eigenvalue weighted by Crippen LogP contribution is -2.33. The summed E-state index contributed by atoms with van der Waals surface area (Å²) in [6, 6.07) is 6.89. The second kappa shape index (κ2) is 8.73. The Labute approximate surface area is 148 Å². The molecule has 1 atom stereocenters. The summed E-state index contributed by atoms with van der Waals surface area (Å²) < 4.78 is 5.15. The van der Waals surface area contributed by atoms with E-state index in [1.807, 2.05) is 0 Å². The predicted molar refractivity (Wildman–Crippen MR) is 97.2 cm³/mol. The van der Waals surface area contributed by atoms with Crippen molar-refractivity contribution in [2.24, 2.45) is 5.92 Å². The third-order valence-electron chi connectivity index (χ3n) is 3.23. The molecule has 0 saturated heterocycles. The fraction of sp³-hybridized carbons (Fsp3) is 0.444. The molecule has 0 bridgehead atoms. The lowest BCUT2D eigenvalue weighted by Gasteiger charge is -2.20. The van der Waals surface area contributed by atoms with Crippen molar-refractivity contribution >= 4 is 29.3 Å². The van der Waals surface area contributed by atoms with Crippen LogP contribution in [0.25, 0.3) is 0 Å². The fourth-order valence-electron chi connectivity index (χ4n) is 1.82. The molecule has 0 saturated carbocycles. The molecule has 0 aliphatic carbocycles. The summed E-state index contributed by atoms with van der Waals surface area (Å²) in [5, 5.41) is 6.07.